The van der Waals surface area contributed by atoms with Gasteiger partial charge in [0.2, 0.25) is 0 Å². The second-order valence-electron chi connectivity index (χ2n) is 3.96. The zero-order valence-corrected chi connectivity index (χ0v) is 9.64. The van der Waals surface area contributed by atoms with Crippen molar-refractivity contribution in [2.45, 2.75) is 44.9 Å². The summed E-state index contributed by atoms with van der Waals surface area (Å²) in [7, 11) is 0. The summed E-state index contributed by atoms with van der Waals surface area (Å²) in [5.74, 6) is -0.415. The fourth-order valence-corrected chi connectivity index (χ4v) is 3.31. The molecule has 0 atom stereocenters. The van der Waals surface area contributed by atoms with E-state index in [2.05, 4.69) is 4.98 Å². The maximum atomic E-state index is 11.1. The third-order valence-corrected chi connectivity index (χ3v) is 4.29. The molecule has 0 aromatic carbocycles. The number of carboxylic acids is 1. The standard InChI is InChI=1S/C11H15NO2S/c1-2-8-12-9(11(13)14)10(15-8)7-5-3-4-6-7/h7H,2-6H2,1H3,(H,13,14). The van der Waals surface area contributed by atoms with Gasteiger partial charge in [0.1, 0.15) is 0 Å². The molecule has 15 heavy (non-hydrogen) atoms. The fourth-order valence-electron chi connectivity index (χ4n) is 2.15. The van der Waals surface area contributed by atoms with E-state index in [0.29, 0.717) is 11.6 Å². The highest BCUT2D eigenvalue weighted by Crippen LogP contribution is 2.39. The van der Waals surface area contributed by atoms with Crippen LogP contribution < -0.4 is 0 Å². The first-order valence-corrected chi connectivity index (χ1v) is 6.27. The van der Waals surface area contributed by atoms with E-state index in [0.717, 1.165) is 29.1 Å². The summed E-state index contributed by atoms with van der Waals surface area (Å²) in [6.45, 7) is 2.02. The van der Waals surface area contributed by atoms with Crippen molar-refractivity contribution in [1.29, 1.82) is 0 Å². The minimum Gasteiger partial charge on any atom is -0.476 e. The largest absolute Gasteiger partial charge is 0.476 e. The number of hydrogen-bond acceptors (Lipinski definition) is 3. The maximum Gasteiger partial charge on any atom is 0.355 e. The molecule has 0 aliphatic heterocycles. The molecule has 1 aromatic heterocycles. The van der Waals surface area contributed by atoms with Gasteiger partial charge in [-0.1, -0.05) is 19.8 Å². The first kappa shape index (κ1) is 10.6. The van der Waals surface area contributed by atoms with Gasteiger partial charge in [-0.2, -0.15) is 0 Å². The Morgan fingerprint density at radius 2 is 2.20 bits per heavy atom. The van der Waals surface area contributed by atoms with Crippen LogP contribution in [0.25, 0.3) is 0 Å². The number of thiazole rings is 1. The molecule has 1 heterocycles. The van der Waals surface area contributed by atoms with E-state index < -0.39 is 5.97 Å². The van der Waals surface area contributed by atoms with Gasteiger partial charge in [-0.3, -0.25) is 0 Å². The first-order chi connectivity index (χ1) is 7.22. The van der Waals surface area contributed by atoms with E-state index in [1.54, 1.807) is 11.3 Å². The van der Waals surface area contributed by atoms with Crippen LogP contribution in [0.15, 0.2) is 0 Å². The second kappa shape index (κ2) is 4.31. The average Bonchev–Trinajstić information content (AvgIpc) is 2.86. The van der Waals surface area contributed by atoms with E-state index in [9.17, 15) is 4.79 Å². The Morgan fingerprint density at radius 3 is 2.73 bits per heavy atom. The van der Waals surface area contributed by atoms with Crippen LogP contribution in [-0.2, 0) is 6.42 Å². The Kier molecular flexibility index (Phi) is 3.05. The van der Waals surface area contributed by atoms with Gasteiger partial charge in [0.25, 0.3) is 0 Å². The molecule has 82 valence electrons. The Bertz CT molecular complexity index is 367. The van der Waals surface area contributed by atoms with Gasteiger partial charge in [-0.15, -0.1) is 11.3 Å². The van der Waals surface area contributed by atoms with Crippen molar-refractivity contribution in [1.82, 2.24) is 4.98 Å². The quantitative estimate of drug-likeness (QED) is 0.860. The van der Waals surface area contributed by atoms with Crippen molar-refractivity contribution in [3.63, 3.8) is 0 Å². The first-order valence-electron chi connectivity index (χ1n) is 5.45. The third-order valence-electron chi connectivity index (χ3n) is 2.93. The van der Waals surface area contributed by atoms with Crippen molar-refractivity contribution >= 4 is 17.3 Å². The van der Waals surface area contributed by atoms with Gasteiger partial charge in [0.05, 0.1) is 5.01 Å². The number of rotatable bonds is 3. The fraction of sp³-hybridized carbons (Fsp3) is 0.636. The summed E-state index contributed by atoms with van der Waals surface area (Å²) < 4.78 is 0. The Morgan fingerprint density at radius 1 is 1.53 bits per heavy atom. The molecule has 1 aromatic rings. The molecule has 0 bridgehead atoms. The van der Waals surface area contributed by atoms with Gasteiger partial charge < -0.3 is 5.11 Å². The highest BCUT2D eigenvalue weighted by molar-refractivity contribution is 7.12. The summed E-state index contributed by atoms with van der Waals surface area (Å²) in [6, 6.07) is 0. The predicted octanol–water partition coefficient (Wildman–Crippen LogP) is 3.06. The lowest BCUT2D eigenvalue weighted by Crippen LogP contribution is -2.03. The van der Waals surface area contributed by atoms with Crippen molar-refractivity contribution in [2.24, 2.45) is 0 Å². The van der Waals surface area contributed by atoms with Gasteiger partial charge in [0, 0.05) is 4.88 Å². The van der Waals surface area contributed by atoms with Crippen LogP contribution in [0, 0.1) is 0 Å². The molecule has 0 unspecified atom stereocenters. The lowest BCUT2D eigenvalue weighted by atomic mass is 10.1. The summed E-state index contributed by atoms with van der Waals surface area (Å²) in [5.41, 5.74) is 0.309. The van der Waals surface area contributed by atoms with Crippen molar-refractivity contribution < 1.29 is 9.90 Å². The molecule has 1 aliphatic carbocycles. The number of hydrogen-bond donors (Lipinski definition) is 1. The van der Waals surface area contributed by atoms with Gasteiger partial charge in [-0.25, -0.2) is 9.78 Å². The van der Waals surface area contributed by atoms with E-state index in [1.807, 2.05) is 6.92 Å². The predicted molar refractivity (Wildman–Crippen MR) is 59.7 cm³/mol. The zero-order chi connectivity index (χ0) is 10.8. The van der Waals surface area contributed by atoms with Crippen molar-refractivity contribution in [3.8, 4) is 0 Å². The molecule has 1 saturated carbocycles. The van der Waals surface area contributed by atoms with Crippen LogP contribution >= 0.6 is 11.3 Å². The molecule has 0 saturated heterocycles. The van der Waals surface area contributed by atoms with Crippen LogP contribution in [0.3, 0.4) is 0 Å². The molecule has 2 rings (SSSR count). The highest BCUT2D eigenvalue weighted by atomic mass is 32.1. The molecule has 0 spiro atoms. The summed E-state index contributed by atoms with van der Waals surface area (Å²) >= 11 is 1.59. The SMILES string of the molecule is CCc1nc(C(=O)O)c(C2CCCC2)s1. The average molecular weight is 225 g/mol. The summed E-state index contributed by atoms with van der Waals surface area (Å²) in [4.78, 5) is 16.3. The molecule has 1 aliphatic rings. The lowest BCUT2D eigenvalue weighted by molar-refractivity contribution is 0.0689. The second-order valence-corrected chi connectivity index (χ2v) is 5.08. The Labute approximate surface area is 93.2 Å². The van der Waals surface area contributed by atoms with Crippen LogP contribution in [0.5, 0.6) is 0 Å². The topological polar surface area (TPSA) is 50.2 Å². The van der Waals surface area contributed by atoms with Crippen molar-refractivity contribution in [3.05, 3.63) is 15.6 Å². The van der Waals surface area contributed by atoms with Crippen LogP contribution in [0.4, 0.5) is 0 Å². The minimum absolute atomic E-state index is 0.309. The molecular formula is C11H15NO2S. The third kappa shape index (κ3) is 2.04. The number of carbonyl (C=O) groups is 1. The number of aryl methyl sites for hydroxylation is 1. The zero-order valence-electron chi connectivity index (χ0n) is 8.82. The Hall–Kier alpha value is -0.900. The normalized spacial score (nSPS) is 17.1. The molecular weight excluding hydrogens is 210 g/mol. The lowest BCUT2D eigenvalue weighted by Gasteiger charge is -2.05. The van der Waals surface area contributed by atoms with Gasteiger partial charge in [0.15, 0.2) is 5.69 Å². The van der Waals surface area contributed by atoms with Crippen LogP contribution in [-0.4, -0.2) is 16.1 Å². The molecule has 4 heteroatoms. The molecule has 3 nitrogen and oxygen atoms in total. The van der Waals surface area contributed by atoms with Gasteiger partial charge in [-0.05, 0) is 25.2 Å². The van der Waals surface area contributed by atoms with Crippen LogP contribution in [0.1, 0.15) is 58.9 Å². The smallest absolute Gasteiger partial charge is 0.355 e. The van der Waals surface area contributed by atoms with E-state index in [4.69, 9.17) is 5.11 Å². The molecule has 0 radical (unpaired) electrons. The molecule has 1 N–H and O–H groups in total. The summed E-state index contributed by atoms with van der Waals surface area (Å²) in [6.07, 6.45) is 5.54. The Balaban J connectivity index is 2.34. The number of aromatic carboxylic acids is 1. The number of nitrogens with zero attached hydrogens (tertiary/aromatic N) is 1. The van der Waals surface area contributed by atoms with E-state index in [-0.39, 0.29) is 0 Å². The maximum absolute atomic E-state index is 11.1. The summed E-state index contributed by atoms with van der Waals surface area (Å²) in [5, 5.41) is 10.0. The number of carboxylic acid groups (broad SMARTS) is 1. The molecule has 0 amide bonds. The monoisotopic (exact) mass is 225 g/mol. The van der Waals surface area contributed by atoms with Gasteiger partial charge >= 0.3 is 5.97 Å². The highest BCUT2D eigenvalue weighted by Gasteiger charge is 2.26. The molecule has 1 fully saturated rings. The van der Waals surface area contributed by atoms with Crippen LogP contribution in [0.2, 0.25) is 0 Å². The van der Waals surface area contributed by atoms with Crippen molar-refractivity contribution in [2.75, 3.05) is 0 Å². The van der Waals surface area contributed by atoms with E-state index >= 15 is 0 Å². The van der Waals surface area contributed by atoms with E-state index in [1.165, 1.54) is 12.8 Å². The number of aromatic nitrogens is 1. The minimum atomic E-state index is -0.868.